The van der Waals surface area contributed by atoms with Crippen molar-refractivity contribution in [3.05, 3.63) is 59.4 Å². The van der Waals surface area contributed by atoms with Crippen molar-refractivity contribution in [2.45, 2.75) is 45.8 Å². The Morgan fingerprint density at radius 3 is 2.33 bits per heavy atom. The molecule has 0 aliphatic carbocycles. The minimum atomic E-state index is -4.17. The van der Waals surface area contributed by atoms with Gasteiger partial charge in [0.2, 0.25) is 5.95 Å². The van der Waals surface area contributed by atoms with Gasteiger partial charge < -0.3 is 4.40 Å². The topological polar surface area (TPSA) is 23.8 Å². The van der Waals surface area contributed by atoms with Gasteiger partial charge in [-0.15, -0.1) is 0 Å². The molecule has 33 heavy (non-hydrogen) atoms. The molecule has 0 saturated carbocycles. The van der Waals surface area contributed by atoms with Gasteiger partial charge in [0.15, 0.2) is 0 Å². The van der Waals surface area contributed by atoms with E-state index in [9.17, 15) is 17.6 Å². The number of halogens is 4. The van der Waals surface area contributed by atoms with E-state index >= 15 is 0 Å². The van der Waals surface area contributed by atoms with Gasteiger partial charge in [-0.1, -0.05) is 19.9 Å². The number of pyridine rings is 2. The summed E-state index contributed by atoms with van der Waals surface area (Å²) in [5.41, 5.74) is 5.45. The van der Waals surface area contributed by atoms with E-state index in [0.717, 1.165) is 27.9 Å². The van der Waals surface area contributed by atoms with Crippen LogP contribution in [0.15, 0.2) is 36.7 Å². The summed E-state index contributed by atoms with van der Waals surface area (Å²) < 4.78 is 55.1. The second-order valence-electron chi connectivity index (χ2n) is 9.22. The van der Waals surface area contributed by atoms with Crippen molar-refractivity contribution in [2.24, 2.45) is 0 Å². The van der Waals surface area contributed by atoms with Crippen LogP contribution in [0.5, 0.6) is 0 Å². The fraction of sp³-hybridized carbons (Fsp3) is 0.480. The molecule has 178 valence electrons. The zero-order chi connectivity index (χ0) is 23.9. The van der Waals surface area contributed by atoms with E-state index in [4.69, 9.17) is 0 Å². The Morgan fingerprint density at radius 2 is 1.73 bits per heavy atom. The van der Waals surface area contributed by atoms with Crippen LogP contribution in [0.2, 0.25) is 0 Å². The molecule has 1 saturated heterocycles. The summed E-state index contributed by atoms with van der Waals surface area (Å²) >= 11 is 0. The Morgan fingerprint density at radius 1 is 1.03 bits per heavy atom. The summed E-state index contributed by atoms with van der Waals surface area (Å²) in [7, 11) is 0. The van der Waals surface area contributed by atoms with Crippen LogP contribution in [0.25, 0.3) is 16.6 Å². The molecule has 3 aromatic rings. The van der Waals surface area contributed by atoms with E-state index in [-0.39, 0.29) is 12.0 Å². The largest absolute Gasteiger partial charge is 0.401 e. The SMILES string of the molecule is Cc1ccc2c(-c3cccnc3F)c(C(C)C)cn2c1C(C)N1CCN(CC(F)(F)F)CC1. The van der Waals surface area contributed by atoms with Gasteiger partial charge in [0.05, 0.1) is 12.1 Å². The van der Waals surface area contributed by atoms with Crippen LogP contribution in [-0.2, 0) is 0 Å². The van der Waals surface area contributed by atoms with Crippen molar-refractivity contribution in [2.75, 3.05) is 32.7 Å². The number of piperazine rings is 1. The van der Waals surface area contributed by atoms with Gasteiger partial charge in [0.25, 0.3) is 0 Å². The molecule has 1 unspecified atom stereocenters. The number of hydrogen-bond donors (Lipinski definition) is 0. The van der Waals surface area contributed by atoms with Crippen LogP contribution >= 0.6 is 0 Å². The quantitative estimate of drug-likeness (QED) is 0.353. The molecule has 0 amide bonds. The van der Waals surface area contributed by atoms with E-state index in [1.165, 1.54) is 11.1 Å². The number of aryl methyl sites for hydroxylation is 1. The summed E-state index contributed by atoms with van der Waals surface area (Å²) in [6, 6.07) is 7.56. The van der Waals surface area contributed by atoms with E-state index in [1.54, 1.807) is 12.1 Å². The van der Waals surface area contributed by atoms with Gasteiger partial charge in [-0.05, 0) is 49.1 Å². The lowest BCUT2D eigenvalue weighted by molar-refractivity contribution is -0.149. The fourth-order valence-electron chi connectivity index (χ4n) is 4.95. The lowest BCUT2D eigenvalue weighted by atomic mass is 9.96. The lowest BCUT2D eigenvalue weighted by Crippen LogP contribution is -2.49. The number of aromatic nitrogens is 2. The summed E-state index contributed by atoms with van der Waals surface area (Å²) in [5, 5.41) is 0. The van der Waals surface area contributed by atoms with Crippen molar-refractivity contribution in [3.8, 4) is 11.1 Å². The van der Waals surface area contributed by atoms with Crippen molar-refractivity contribution in [1.29, 1.82) is 0 Å². The molecule has 0 aromatic carbocycles. The highest BCUT2D eigenvalue weighted by Gasteiger charge is 2.33. The number of rotatable bonds is 5. The molecule has 4 nitrogen and oxygen atoms in total. The van der Waals surface area contributed by atoms with Crippen molar-refractivity contribution >= 4 is 5.52 Å². The molecule has 8 heteroatoms. The maximum atomic E-state index is 14.7. The van der Waals surface area contributed by atoms with Crippen LogP contribution in [0.3, 0.4) is 0 Å². The van der Waals surface area contributed by atoms with Crippen LogP contribution in [0.4, 0.5) is 17.6 Å². The predicted octanol–water partition coefficient (Wildman–Crippen LogP) is 5.81. The summed E-state index contributed by atoms with van der Waals surface area (Å²) in [4.78, 5) is 7.55. The number of hydrogen-bond acceptors (Lipinski definition) is 3. The lowest BCUT2D eigenvalue weighted by Gasteiger charge is -2.38. The molecule has 4 heterocycles. The third kappa shape index (κ3) is 4.77. The molecule has 1 aliphatic heterocycles. The highest BCUT2D eigenvalue weighted by atomic mass is 19.4. The first-order valence-electron chi connectivity index (χ1n) is 11.4. The van der Waals surface area contributed by atoms with Gasteiger partial charge in [-0.25, -0.2) is 4.98 Å². The number of fused-ring (bicyclic) bond motifs is 1. The minimum absolute atomic E-state index is 0.000689. The summed E-state index contributed by atoms with van der Waals surface area (Å²) in [5.74, 6) is -0.322. The Kier molecular flexibility index (Phi) is 6.51. The molecular formula is C25H30F4N4. The normalized spacial score (nSPS) is 17.2. The zero-order valence-corrected chi connectivity index (χ0v) is 19.5. The Balaban J connectivity index is 1.73. The molecule has 4 rings (SSSR count). The fourth-order valence-corrected chi connectivity index (χ4v) is 4.95. The monoisotopic (exact) mass is 462 g/mol. The Hall–Kier alpha value is -2.45. The predicted molar refractivity (Wildman–Crippen MR) is 122 cm³/mol. The molecule has 1 aliphatic rings. The first-order valence-corrected chi connectivity index (χ1v) is 11.4. The van der Waals surface area contributed by atoms with Crippen molar-refractivity contribution in [1.82, 2.24) is 19.2 Å². The first kappa shape index (κ1) is 23.7. The second-order valence-corrected chi connectivity index (χ2v) is 9.22. The standard InChI is InChI=1S/C25H30F4N4/c1-16(2)20-14-33-21(22(20)19-6-5-9-30-24(19)26)8-7-17(3)23(33)18(4)32-12-10-31(11-13-32)15-25(27,28)29/h5-9,14,16,18H,10-13,15H2,1-4H3. The minimum Gasteiger partial charge on any atom is -0.318 e. The van der Waals surface area contributed by atoms with Gasteiger partial charge >= 0.3 is 6.18 Å². The average molecular weight is 463 g/mol. The summed E-state index contributed by atoms with van der Waals surface area (Å²) in [6.45, 7) is 9.35. The number of nitrogens with zero attached hydrogens (tertiary/aromatic N) is 4. The third-order valence-electron chi connectivity index (χ3n) is 6.63. The van der Waals surface area contributed by atoms with Crippen LogP contribution in [-0.4, -0.2) is 58.1 Å². The van der Waals surface area contributed by atoms with Gasteiger partial charge in [0, 0.05) is 61.4 Å². The highest BCUT2D eigenvalue weighted by Crippen LogP contribution is 2.38. The van der Waals surface area contributed by atoms with Crippen LogP contribution < -0.4 is 0 Å². The smallest absolute Gasteiger partial charge is 0.318 e. The zero-order valence-electron chi connectivity index (χ0n) is 19.5. The van der Waals surface area contributed by atoms with Crippen molar-refractivity contribution in [3.63, 3.8) is 0 Å². The number of alkyl halides is 3. The third-order valence-corrected chi connectivity index (χ3v) is 6.63. The molecule has 1 atom stereocenters. The van der Waals surface area contributed by atoms with E-state index in [0.29, 0.717) is 31.7 Å². The second kappa shape index (κ2) is 9.06. The van der Waals surface area contributed by atoms with E-state index in [2.05, 4.69) is 41.3 Å². The molecular weight excluding hydrogens is 432 g/mol. The first-order chi connectivity index (χ1) is 15.6. The van der Waals surface area contributed by atoms with Gasteiger partial charge in [-0.3, -0.25) is 9.80 Å². The van der Waals surface area contributed by atoms with Gasteiger partial charge in [0.1, 0.15) is 0 Å². The van der Waals surface area contributed by atoms with Crippen molar-refractivity contribution < 1.29 is 17.6 Å². The van der Waals surface area contributed by atoms with Crippen LogP contribution in [0, 0.1) is 12.9 Å². The Bertz CT molecular complexity index is 1130. The average Bonchev–Trinajstić information content (AvgIpc) is 3.12. The molecule has 1 fully saturated rings. The Labute approximate surface area is 191 Å². The van der Waals surface area contributed by atoms with E-state index in [1.807, 2.05) is 19.1 Å². The highest BCUT2D eigenvalue weighted by molar-refractivity contribution is 5.85. The maximum Gasteiger partial charge on any atom is 0.401 e. The molecule has 3 aromatic heterocycles. The van der Waals surface area contributed by atoms with Crippen LogP contribution in [0.1, 0.15) is 49.6 Å². The molecule has 0 radical (unpaired) electrons. The molecule has 0 spiro atoms. The summed E-state index contributed by atoms with van der Waals surface area (Å²) in [6.07, 6.45) is -0.644. The van der Waals surface area contributed by atoms with Gasteiger partial charge in [-0.2, -0.15) is 17.6 Å². The molecule has 0 bridgehead atoms. The molecule has 0 N–H and O–H groups in total. The van der Waals surface area contributed by atoms with E-state index < -0.39 is 18.7 Å². The maximum absolute atomic E-state index is 14.7.